The SMILES string of the molecule is CC1c2[nH]c(=O)[nH]c(=O)c2C(O)=C(F)C1(c1cc2c(s1)CCCC2C(N)CO)C1CC1. The van der Waals surface area contributed by atoms with Crippen LogP contribution in [0.4, 0.5) is 4.39 Å². The van der Waals surface area contributed by atoms with E-state index in [4.69, 9.17) is 5.73 Å². The Balaban J connectivity index is 1.74. The first-order valence-electron chi connectivity index (χ1n) is 10.8. The molecule has 3 aliphatic rings. The minimum atomic E-state index is -1.14. The van der Waals surface area contributed by atoms with E-state index in [1.807, 2.05) is 13.0 Å². The first-order chi connectivity index (χ1) is 14.8. The highest BCUT2D eigenvalue weighted by Crippen LogP contribution is 2.63. The molecule has 9 heteroatoms. The number of fused-ring (bicyclic) bond motifs is 2. The van der Waals surface area contributed by atoms with E-state index in [0.29, 0.717) is 0 Å². The minimum absolute atomic E-state index is 0.00414. The molecule has 0 saturated heterocycles. The Labute approximate surface area is 181 Å². The number of aliphatic hydroxyl groups excluding tert-OH is 2. The topological polar surface area (TPSA) is 132 Å². The van der Waals surface area contributed by atoms with Crippen molar-refractivity contribution in [2.24, 2.45) is 11.7 Å². The van der Waals surface area contributed by atoms with Crippen molar-refractivity contribution in [3.8, 4) is 0 Å². The largest absolute Gasteiger partial charge is 0.504 e. The maximum absolute atomic E-state index is 16.1. The number of nitrogens with one attached hydrogen (secondary N) is 2. The Morgan fingerprint density at radius 1 is 1.32 bits per heavy atom. The highest BCUT2D eigenvalue weighted by molar-refractivity contribution is 7.12. The summed E-state index contributed by atoms with van der Waals surface area (Å²) in [7, 11) is 0. The summed E-state index contributed by atoms with van der Waals surface area (Å²) in [6.45, 7) is 1.69. The Kier molecular flexibility index (Phi) is 4.76. The van der Waals surface area contributed by atoms with Gasteiger partial charge in [-0.25, -0.2) is 9.18 Å². The lowest BCUT2D eigenvalue weighted by Gasteiger charge is -2.41. The molecule has 5 rings (SSSR count). The van der Waals surface area contributed by atoms with E-state index in [2.05, 4.69) is 9.97 Å². The third kappa shape index (κ3) is 2.83. The minimum Gasteiger partial charge on any atom is -0.504 e. The van der Waals surface area contributed by atoms with Crippen molar-refractivity contribution in [2.75, 3.05) is 6.61 Å². The van der Waals surface area contributed by atoms with Gasteiger partial charge in [-0.15, -0.1) is 11.3 Å². The molecule has 0 spiro atoms. The van der Waals surface area contributed by atoms with E-state index in [0.717, 1.165) is 47.4 Å². The lowest BCUT2D eigenvalue weighted by atomic mass is 9.64. The second-order valence-corrected chi connectivity index (χ2v) is 10.2. The van der Waals surface area contributed by atoms with Gasteiger partial charge in [0, 0.05) is 33.3 Å². The van der Waals surface area contributed by atoms with Crippen LogP contribution in [0.2, 0.25) is 0 Å². The molecule has 4 atom stereocenters. The molecule has 0 aliphatic heterocycles. The summed E-state index contributed by atoms with van der Waals surface area (Å²) >= 11 is 1.53. The third-order valence-corrected chi connectivity index (χ3v) is 8.77. The van der Waals surface area contributed by atoms with Gasteiger partial charge >= 0.3 is 5.69 Å². The standard InChI is InChI=1S/C22H26FN3O4S/c1-9-17-16(20(29)26-21(30)25-17)18(28)19(23)22(9,10-5-6-10)15-7-12-11(13(24)8-27)3-2-4-14(12)31-15/h7,9-11,13,27-28H,2-6,8,24H2,1H3,(H2,25,26,29,30). The van der Waals surface area contributed by atoms with Gasteiger partial charge in [0.15, 0.2) is 11.6 Å². The zero-order chi connectivity index (χ0) is 22.1. The predicted octanol–water partition coefficient (Wildman–Crippen LogP) is 2.53. The lowest BCUT2D eigenvalue weighted by molar-refractivity contribution is 0.242. The smallest absolute Gasteiger partial charge is 0.325 e. The molecule has 6 N–H and O–H groups in total. The number of aromatic nitrogens is 2. The molecule has 0 aromatic carbocycles. The van der Waals surface area contributed by atoms with Crippen LogP contribution in [0, 0.1) is 5.92 Å². The zero-order valence-electron chi connectivity index (χ0n) is 17.2. The molecule has 31 heavy (non-hydrogen) atoms. The lowest BCUT2D eigenvalue weighted by Crippen LogP contribution is -2.42. The molecule has 2 aromatic heterocycles. The molecule has 2 heterocycles. The van der Waals surface area contributed by atoms with Gasteiger partial charge in [-0.1, -0.05) is 6.92 Å². The van der Waals surface area contributed by atoms with Crippen LogP contribution in [0.15, 0.2) is 21.5 Å². The number of aromatic amines is 2. The average Bonchev–Trinajstić information content (AvgIpc) is 3.49. The summed E-state index contributed by atoms with van der Waals surface area (Å²) in [6, 6.07) is 1.61. The normalized spacial score (nSPS) is 28.9. The second kappa shape index (κ2) is 7.15. The van der Waals surface area contributed by atoms with E-state index < -0.39 is 34.2 Å². The van der Waals surface area contributed by atoms with Gasteiger partial charge in [-0.2, -0.15) is 0 Å². The predicted molar refractivity (Wildman–Crippen MR) is 116 cm³/mol. The molecule has 4 unspecified atom stereocenters. The van der Waals surface area contributed by atoms with Crippen LogP contribution >= 0.6 is 11.3 Å². The monoisotopic (exact) mass is 447 g/mol. The average molecular weight is 448 g/mol. The Hall–Kier alpha value is -2.23. The van der Waals surface area contributed by atoms with Crippen molar-refractivity contribution in [2.45, 2.75) is 62.3 Å². The fraction of sp³-hybridized carbons (Fsp3) is 0.545. The van der Waals surface area contributed by atoms with Gasteiger partial charge in [0.2, 0.25) is 0 Å². The van der Waals surface area contributed by atoms with Crippen LogP contribution < -0.4 is 17.0 Å². The van der Waals surface area contributed by atoms with Gasteiger partial charge in [0.1, 0.15) is 5.56 Å². The third-order valence-electron chi connectivity index (χ3n) is 7.41. The van der Waals surface area contributed by atoms with Gasteiger partial charge in [0.25, 0.3) is 5.56 Å². The molecule has 1 saturated carbocycles. The van der Waals surface area contributed by atoms with Crippen molar-refractivity contribution < 1.29 is 14.6 Å². The molecular formula is C22H26FN3O4S. The van der Waals surface area contributed by atoms with Gasteiger partial charge in [-0.3, -0.25) is 9.78 Å². The molecular weight excluding hydrogens is 421 g/mol. The molecule has 1 fully saturated rings. The van der Waals surface area contributed by atoms with Gasteiger partial charge < -0.3 is 20.9 Å². The van der Waals surface area contributed by atoms with Crippen molar-refractivity contribution in [1.29, 1.82) is 0 Å². The molecule has 0 amide bonds. The number of aliphatic hydroxyl groups is 2. The Morgan fingerprint density at radius 2 is 2.06 bits per heavy atom. The fourth-order valence-corrected chi connectivity index (χ4v) is 7.38. The highest BCUT2D eigenvalue weighted by Gasteiger charge is 2.59. The van der Waals surface area contributed by atoms with E-state index in [-0.39, 0.29) is 35.7 Å². The first kappa shape index (κ1) is 20.7. The number of thiophene rings is 1. The van der Waals surface area contributed by atoms with Crippen molar-refractivity contribution in [1.82, 2.24) is 9.97 Å². The maximum atomic E-state index is 16.1. The molecule has 166 valence electrons. The molecule has 0 radical (unpaired) electrons. The maximum Gasteiger partial charge on any atom is 0.325 e. The first-order valence-corrected chi connectivity index (χ1v) is 11.6. The number of hydrogen-bond donors (Lipinski definition) is 5. The van der Waals surface area contributed by atoms with Gasteiger partial charge in [0.05, 0.1) is 12.0 Å². The van der Waals surface area contributed by atoms with Crippen LogP contribution in [0.1, 0.15) is 71.0 Å². The summed E-state index contributed by atoms with van der Waals surface area (Å²) in [5.41, 5.74) is 4.72. The summed E-state index contributed by atoms with van der Waals surface area (Å²) in [4.78, 5) is 31.0. The molecule has 0 bridgehead atoms. The number of H-pyrrole nitrogens is 2. The van der Waals surface area contributed by atoms with E-state index in [1.165, 1.54) is 11.3 Å². The summed E-state index contributed by atoms with van der Waals surface area (Å²) in [5, 5.41) is 20.4. The van der Waals surface area contributed by atoms with Crippen LogP contribution in [0.5, 0.6) is 0 Å². The van der Waals surface area contributed by atoms with Crippen LogP contribution in [0.25, 0.3) is 5.76 Å². The van der Waals surface area contributed by atoms with E-state index in [1.54, 1.807) is 0 Å². The van der Waals surface area contributed by atoms with Crippen molar-refractivity contribution in [3.05, 3.63) is 59.3 Å². The summed E-state index contributed by atoms with van der Waals surface area (Å²) < 4.78 is 16.1. The quantitative estimate of drug-likeness (QED) is 0.491. The van der Waals surface area contributed by atoms with Crippen molar-refractivity contribution in [3.63, 3.8) is 0 Å². The number of hydrogen-bond acceptors (Lipinski definition) is 6. The van der Waals surface area contributed by atoms with Gasteiger partial charge in [-0.05, 0) is 49.7 Å². The van der Waals surface area contributed by atoms with E-state index in [9.17, 15) is 19.8 Å². The molecule has 3 aliphatic carbocycles. The van der Waals surface area contributed by atoms with Crippen LogP contribution in [-0.2, 0) is 11.8 Å². The Bertz CT molecular complexity index is 1190. The highest BCUT2D eigenvalue weighted by atomic mass is 32.1. The second-order valence-electron chi connectivity index (χ2n) is 9.06. The van der Waals surface area contributed by atoms with Crippen molar-refractivity contribution >= 4 is 17.1 Å². The van der Waals surface area contributed by atoms with E-state index >= 15 is 4.39 Å². The Morgan fingerprint density at radius 3 is 2.74 bits per heavy atom. The van der Waals surface area contributed by atoms with Crippen LogP contribution in [-0.4, -0.2) is 32.8 Å². The summed E-state index contributed by atoms with van der Waals surface area (Å²) in [6.07, 6.45) is 4.29. The zero-order valence-corrected chi connectivity index (χ0v) is 18.0. The number of nitrogens with two attached hydrogens (primary N) is 1. The fourth-order valence-electron chi connectivity index (χ4n) is 5.75. The number of halogens is 1. The number of aryl methyl sites for hydroxylation is 1. The summed E-state index contributed by atoms with van der Waals surface area (Å²) in [5.74, 6) is -1.96. The van der Waals surface area contributed by atoms with Crippen LogP contribution in [0.3, 0.4) is 0 Å². The number of rotatable bonds is 4. The molecule has 7 nitrogen and oxygen atoms in total. The number of allylic oxidation sites excluding steroid dienone is 1. The molecule has 2 aromatic rings.